The van der Waals surface area contributed by atoms with Crippen molar-refractivity contribution < 1.29 is 9.53 Å². The molecule has 1 aromatic heterocycles. The lowest BCUT2D eigenvalue weighted by Gasteiger charge is -2.11. The standard InChI is InChI=1S/C29H33N3O2/c1-2-23-14-16-25(17-15-23)34-21-9-8-20-32-27-13-7-6-12-26(27)31-28(32)18-19-30-29(33)22-24-10-4-3-5-11-24/h3-7,10-17H,2,8-9,18-22H2,1H3,(H,30,33). The molecule has 1 heterocycles. The molecule has 0 saturated carbocycles. The van der Waals surface area contributed by atoms with E-state index in [0.29, 0.717) is 26.0 Å². The maximum Gasteiger partial charge on any atom is 0.224 e. The van der Waals surface area contributed by atoms with Gasteiger partial charge in [-0.1, -0.05) is 61.5 Å². The fraction of sp³-hybridized carbons (Fsp3) is 0.310. The number of nitrogens with zero attached hydrogens (tertiary/aromatic N) is 2. The second-order valence-electron chi connectivity index (χ2n) is 8.48. The number of hydrogen-bond acceptors (Lipinski definition) is 3. The Labute approximate surface area is 201 Å². The van der Waals surface area contributed by atoms with Crippen molar-refractivity contribution in [2.45, 2.75) is 45.6 Å². The Morgan fingerprint density at radius 2 is 1.68 bits per heavy atom. The lowest BCUT2D eigenvalue weighted by atomic mass is 10.1. The number of ether oxygens (including phenoxy) is 1. The zero-order valence-electron chi connectivity index (χ0n) is 19.9. The number of hydrogen-bond donors (Lipinski definition) is 1. The number of rotatable bonds is 12. The number of benzene rings is 3. The summed E-state index contributed by atoms with van der Waals surface area (Å²) in [4.78, 5) is 17.1. The van der Waals surface area contributed by atoms with Gasteiger partial charge >= 0.3 is 0 Å². The highest BCUT2D eigenvalue weighted by atomic mass is 16.5. The number of nitrogens with one attached hydrogen (secondary N) is 1. The van der Waals surface area contributed by atoms with Crippen molar-refractivity contribution in [2.75, 3.05) is 13.2 Å². The van der Waals surface area contributed by atoms with Gasteiger partial charge < -0.3 is 14.6 Å². The van der Waals surface area contributed by atoms with Gasteiger partial charge in [-0.25, -0.2) is 4.98 Å². The van der Waals surface area contributed by atoms with Crippen LogP contribution >= 0.6 is 0 Å². The number of unbranched alkanes of at least 4 members (excludes halogenated alkanes) is 1. The van der Waals surface area contributed by atoms with E-state index in [1.807, 2.05) is 54.6 Å². The Hall–Kier alpha value is -3.60. The first-order valence-corrected chi connectivity index (χ1v) is 12.2. The normalized spacial score (nSPS) is 11.0. The summed E-state index contributed by atoms with van der Waals surface area (Å²) in [5.41, 5.74) is 4.49. The van der Waals surface area contributed by atoms with E-state index in [1.54, 1.807) is 0 Å². The minimum atomic E-state index is 0.0398. The van der Waals surface area contributed by atoms with Crippen LogP contribution in [0.4, 0.5) is 0 Å². The zero-order valence-corrected chi connectivity index (χ0v) is 19.9. The summed E-state index contributed by atoms with van der Waals surface area (Å²) >= 11 is 0. The van der Waals surface area contributed by atoms with Crippen LogP contribution in [0.2, 0.25) is 0 Å². The summed E-state index contributed by atoms with van der Waals surface area (Å²) in [5, 5.41) is 3.04. The first-order chi connectivity index (χ1) is 16.7. The summed E-state index contributed by atoms with van der Waals surface area (Å²) in [7, 11) is 0. The second-order valence-corrected chi connectivity index (χ2v) is 8.48. The molecule has 34 heavy (non-hydrogen) atoms. The third kappa shape index (κ3) is 6.47. The average molecular weight is 456 g/mol. The zero-order chi connectivity index (χ0) is 23.6. The summed E-state index contributed by atoms with van der Waals surface area (Å²) < 4.78 is 8.20. The summed E-state index contributed by atoms with van der Waals surface area (Å²) in [6.07, 6.45) is 4.11. The van der Waals surface area contributed by atoms with Gasteiger partial charge in [0, 0.05) is 19.5 Å². The molecule has 0 atom stereocenters. The van der Waals surface area contributed by atoms with Gasteiger partial charge in [-0.2, -0.15) is 0 Å². The Balaban J connectivity index is 1.28. The van der Waals surface area contributed by atoms with Crippen LogP contribution in [0.25, 0.3) is 11.0 Å². The SMILES string of the molecule is CCc1ccc(OCCCCn2c(CCNC(=O)Cc3ccccc3)nc3ccccc32)cc1. The quantitative estimate of drug-likeness (QED) is 0.293. The van der Waals surface area contributed by atoms with Crippen LogP contribution in [0.1, 0.15) is 36.7 Å². The topological polar surface area (TPSA) is 56.1 Å². The van der Waals surface area contributed by atoms with E-state index in [1.165, 1.54) is 5.56 Å². The van der Waals surface area contributed by atoms with Crippen LogP contribution < -0.4 is 10.1 Å². The summed E-state index contributed by atoms with van der Waals surface area (Å²) in [5.74, 6) is 1.98. The Kier molecular flexibility index (Phi) is 8.33. The molecule has 5 heteroatoms. The van der Waals surface area contributed by atoms with Crippen LogP contribution in [0.15, 0.2) is 78.9 Å². The Morgan fingerprint density at radius 3 is 2.47 bits per heavy atom. The molecular weight excluding hydrogens is 422 g/mol. The molecule has 0 unspecified atom stereocenters. The van der Waals surface area contributed by atoms with E-state index >= 15 is 0 Å². The van der Waals surface area contributed by atoms with Gasteiger partial charge in [0.15, 0.2) is 0 Å². The van der Waals surface area contributed by atoms with Crippen LogP contribution in [-0.4, -0.2) is 28.6 Å². The molecule has 0 saturated heterocycles. The highest BCUT2D eigenvalue weighted by Crippen LogP contribution is 2.18. The molecule has 0 radical (unpaired) electrons. The molecule has 5 nitrogen and oxygen atoms in total. The first kappa shape index (κ1) is 23.6. The number of amides is 1. The fourth-order valence-corrected chi connectivity index (χ4v) is 4.11. The number of fused-ring (bicyclic) bond motifs is 1. The Morgan fingerprint density at radius 1 is 0.912 bits per heavy atom. The van der Waals surface area contributed by atoms with Crippen molar-refractivity contribution >= 4 is 16.9 Å². The molecule has 0 spiro atoms. The third-order valence-electron chi connectivity index (χ3n) is 5.99. The van der Waals surface area contributed by atoms with E-state index < -0.39 is 0 Å². The highest BCUT2D eigenvalue weighted by Gasteiger charge is 2.11. The predicted molar refractivity (Wildman–Crippen MR) is 137 cm³/mol. The first-order valence-electron chi connectivity index (χ1n) is 12.2. The third-order valence-corrected chi connectivity index (χ3v) is 5.99. The number of aromatic nitrogens is 2. The maximum absolute atomic E-state index is 12.3. The van der Waals surface area contributed by atoms with Crippen LogP contribution in [0.3, 0.4) is 0 Å². The molecule has 176 valence electrons. The molecule has 0 aliphatic rings. The van der Waals surface area contributed by atoms with E-state index in [0.717, 1.165) is 54.0 Å². The minimum absolute atomic E-state index is 0.0398. The maximum atomic E-state index is 12.3. The van der Waals surface area contributed by atoms with Crippen molar-refractivity contribution in [1.82, 2.24) is 14.9 Å². The predicted octanol–water partition coefficient (Wildman–Crippen LogP) is 5.36. The molecule has 3 aromatic carbocycles. The molecule has 0 aliphatic carbocycles. The van der Waals surface area contributed by atoms with Crippen LogP contribution in [0.5, 0.6) is 5.75 Å². The number of carbonyl (C=O) groups is 1. The smallest absolute Gasteiger partial charge is 0.224 e. The van der Waals surface area contributed by atoms with Crippen molar-refractivity contribution in [3.63, 3.8) is 0 Å². The molecule has 1 amide bonds. The second kappa shape index (κ2) is 12.0. The molecule has 0 fully saturated rings. The highest BCUT2D eigenvalue weighted by molar-refractivity contribution is 5.78. The molecular formula is C29H33N3O2. The van der Waals surface area contributed by atoms with Gasteiger partial charge in [-0.3, -0.25) is 4.79 Å². The Bertz CT molecular complexity index is 1180. The van der Waals surface area contributed by atoms with E-state index in [9.17, 15) is 4.79 Å². The largest absolute Gasteiger partial charge is 0.494 e. The minimum Gasteiger partial charge on any atom is -0.494 e. The molecule has 1 N–H and O–H groups in total. The van der Waals surface area contributed by atoms with Crippen molar-refractivity contribution in [2.24, 2.45) is 0 Å². The van der Waals surface area contributed by atoms with E-state index in [4.69, 9.17) is 9.72 Å². The number of para-hydroxylation sites is 2. The van der Waals surface area contributed by atoms with E-state index in [2.05, 4.69) is 41.1 Å². The van der Waals surface area contributed by atoms with Gasteiger partial charge in [-0.15, -0.1) is 0 Å². The molecule has 4 aromatic rings. The number of aryl methyl sites for hydroxylation is 2. The van der Waals surface area contributed by atoms with Crippen LogP contribution in [-0.2, 0) is 30.6 Å². The summed E-state index contributed by atoms with van der Waals surface area (Å²) in [6.45, 7) is 4.31. The van der Waals surface area contributed by atoms with Gasteiger partial charge in [0.25, 0.3) is 0 Å². The van der Waals surface area contributed by atoms with E-state index in [-0.39, 0.29) is 5.91 Å². The number of imidazole rings is 1. The molecule has 0 aliphatic heterocycles. The van der Waals surface area contributed by atoms with Crippen molar-refractivity contribution in [3.8, 4) is 5.75 Å². The monoisotopic (exact) mass is 455 g/mol. The summed E-state index contributed by atoms with van der Waals surface area (Å²) in [6, 6.07) is 26.4. The lowest BCUT2D eigenvalue weighted by molar-refractivity contribution is -0.120. The van der Waals surface area contributed by atoms with Crippen molar-refractivity contribution in [3.05, 3.63) is 95.8 Å². The fourth-order valence-electron chi connectivity index (χ4n) is 4.11. The van der Waals surface area contributed by atoms with Crippen molar-refractivity contribution in [1.29, 1.82) is 0 Å². The molecule has 0 bridgehead atoms. The number of carbonyl (C=O) groups excluding carboxylic acids is 1. The average Bonchev–Trinajstić information content (AvgIpc) is 3.22. The van der Waals surface area contributed by atoms with Gasteiger partial charge in [0.2, 0.25) is 5.91 Å². The van der Waals surface area contributed by atoms with Crippen LogP contribution in [0, 0.1) is 0 Å². The van der Waals surface area contributed by atoms with Gasteiger partial charge in [0.05, 0.1) is 24.1 Å². The van der Waals surface area contributed by atoms with Gasteiger partial charge in [0.1, 0.15) is 11.6 Å². The van der Waals surface area contributed by atoms with Gasteiger partial charge in [-0.05, 0) is 54.7 Å². The lowest BCUT2D eigenvalue weighted by Crippen LogP contribution is -2.28. The molecule has 4 rings (SSSR count).